The van der Waals surface area contributed by atoms with Crippen LogP contribution in [-0.2, 0) is 9.53 Å². The van der Waals surface area contributed by atoms with Crippen LogP contribution in [0.4, 0.5) is 0 Å². The molecule has 1 spiro atoms. The van der Waals surface area contributed by atoms with Gasteiger partial charge in [-0.05, 0) is 36.2 Å². The van der Waals surface area contributed by atoms with Gasteiger partial charge >= 0.3 is 5.97 Å². The van der Waals surface area contributed by atoms with Crippen LogP contribution in [0.3, 0.4) is 0 Å². The average Bonchev–Trinajstić information content (AvgIpc) is 2.77. The minimum Gasteiger partial charge on any atom is -0.460 e. The maximum atomic E-state index is 12.2. The molecule has 1 heterocycles. The molecular formula is C15H22O4. The topological polar surface area (TPSA) is 66.8 Å². The third kappa shape index (κ3) is 1.39. The smallest absolute Gasteiger partial charge is 0.319 e. The Labute approximate surface area is 113 Å². The molecule has 4 heteroatoms. The van der Waals surface area contributed by atoms with Gasteiger partial charge in [0, 0.05) is 5.92 Å². The molecular weight excluding hydrogens is 244 g/mol. The molecule has 0 unspecified atom stereocenters. The van der Waals surface area contributed by atoms with E-state index in [1.54, 1.807) is 0 Å². The van der Waals surface area contributed by atoms with Gasteiger partial charge < -0.3 is 14.9 Å². The van der Waals surface area contributed by atoms with Crippen LogP contribution in [0.5, 0.6) is 0 Å². The lowest BCUT2D eigenvalue weighted by atomic mass is 9.62. The number of hydrogen-bond acceptors (Lipinski definition) is 4. The molecule has 0 aromatic rings. The van der Waals surface area contributed by atoms with Crippen LogP contribution >= 0.6 is 0 Å². The van der Waals surface area contributed by atoms with Gasteiger partial charge in [0.05, 0.1) is 12.2 Å². The molecule has 3 aliphatic rings. The van der Waals surface area contributed by atoms with Gasteiger partial charge in [-0.3, -0.25) is 4.79 Å². The summed E-state index contributed by atoms with van der Waals surface area (Å²) in [7, 11) is 0. The number of aliphatic hydroxyl groups excluding tert-OH is 2. The predicted molar refractivity (Wildman–Crippen MR) is 69.2 cm³/mol. The molecule has 4 nitrogen and oxygen atoms in total. The Morgan fingerprint density at radius 2 is 2.05 bits per heavy atom. The van der Waals surface area contributed by atoms with E-state index in [4.69, 9.17) is 4.74 Å². The van der Waals surface area contributed by atoms with Crippen LogP contribution in [0.1, 0.15) is 33.1 Å². The van der Waals surface area contributed by atoms with E-state index < -0.39 is 17.6 Å². The van der Waals surface area contributed by atoms with E-state index in [1.807, 2.05) is 0 Å². The second-order valence-electron chi connectivity index (χ2n) is 6.85. The van der Waals surface area contributed by atoms with E-state index in [2.05, 4.69) is 20.4 Å². The van der Waals surface area contributed by atoms with E-state index >= 15 is 0 Å². The van der Waals surface area contributed by atoms with Crippen molar-refractivity contribution >= 4 is 5.97 Å². The van der Waals surface area contributed by atoms with Gasteiger partial charge in [0.2, 0.25) is 0 Å². The van der Waals surface area contributed by atoms with Gasteiger partial charge in [-0.15, -0.1) is 0 Å². The molecule has 0 amide bonds. The summed E-state index contributed by atoms with van der Waals surface area (Å²) in [5, 5.41) is 21.1. The molecule has 19 heavy (non-hydrogen) atoms. The number of cyclic esters (lactones) is 1. The molecule has 0 radical (unpaired) electrons. The van der Waals surface area contributed by atoms with Crippen molar-refractivity contribution < 1.29 is 19.7 Å². The first-order valence-corrected chi connectivity index (χ1v) is 7.05. The zero-order chi connectivity index (χ0) is 14.0. The van der Waals surface area contributed by atoms with Crippen LogP contribution in [0.25, 0.3) is 0 Å². The van der Waals surface area contributed by atoms with Crippen LogP contribution in [0, 0.1) is 22.7 Å². The summed E-state index contributed by atoms with van der Waals surface area (Å²) in [6.07, 6.45) is 0.741. The fourth-order valence-electron chi connectivity index (χ4n) is 4.65. The molecule has 2 N–H and O–H groups in total. The lowest BCUT2D eigenvalue weighted by Gasteiger charge is -2.45. The summed E-state index contributed by atoms with van der Waals surface area (Å²) >= 11 is 0. The lowest BCUT2D eigenvalue weighted by Crippen LogP contribution is -2.47. The minimum absolute atomic E-state index is 0.198. The van der Waals surface area contributed by atoms with Gasteiger partial charge in [0.25, 0.3) is 0 Å². The molecule has 0 aromatic heterocycles. The Morgan fingerprint density at radius 3 is 2.58 bits per heavy atom. The van der Waals surface area contributed by atoms with Gasteiger partial charge in [0.15, 0.2) is 0 Å². The van der Waals surface area contributed by atoms with Gasteiger partial charge in [-0.2, -0.15) is 0 Å². The zero-order valence-electron chi connectivity index (χ0n) is 11.6. The highest BCUT2D eigenvalue weighted by molar-refractivity contribution is 5.85. The molecule has 106 valence electrons. The maximum Gasteiger partial charge on any atom is 0.319 e. The van der Waals surface area contributed by atoms with Gasteiger partial charge in [0.1, 0.15) is 12.0 Å². The molecule has 0 aromatic carbocycles. The number of carbonyl (C=O) groups is 1. The number of aliphatic hydroxyl groups is 2. The minimum atomic E-state index is -0.987. The van der Waals surface area contributed by atoms with Crippen molar-refractivity contribution in [1.29, 1.82) is 0 Å². The van der Waals surface area contributed by atoms with Crippen LogP contribution in [0.15, 0.2) is 12.2 Å². The lowest BCUT2D eigenvalue weighted by molar-refractivity contribution is -0.151. The quantitative estimate of drug-likeness (QED) is 0.512. The molecule has 3 fully saturated rings. The van der Waals surface area contributed by atoms with E-state index in [-0.39, 0.29) is 23.9 Å². The fraction of sp³-hybridized carbons (Fsp3) is 0.800. The Bertz CT molecular complexity index is 427. The molecule has 1 saturated heterocycles. The standard InChI is InChI=1S/C15H22O4/c1-8-4-5-10(16)11-12(17)15(7-14(8,11)3)9(2)6-19-13(15)18/h8,10-12,16-17H,2,4-7H2,1,3H3/t8-,10-,11+,12+,14+,15-/m0/s1. The summed E-state index contributed by atoms with van der Waals surface area (Å²) in [4.78, 5) is 12.2. The highest BCUT2D eigenvalue weighted by atomic mass is 16.5. The normalized spacial score (nSPS) is 53.5. The summed E-state index contributed by atoms with van der Waals surface area (Å²) in [5.74, 6) is -0.255. The van der Waals surface area contributed by atoms with Crippen molar-refractivity contribution in [2.45, 2.75) is 45.3 Å². The zero-order valence-corrected chi connectivity index (χ0v) is 11.6. The highest BCUT2D eigenvalue weighted by Gasteiger charge is 2.69. The SMILES string of the molecule is C=C1COC(=O)[C@@]12C[C@@]1(C)[C@@H]([C@H]2O)[C@@H](O)CC[C@@H]1C. The van der Waals surface area contributed by atoms with Crippen molar-refractivity contribution in [2.75, 3.05) is 6.61 Å². The third-order valence-corrected chi connectivity index (χ3v) is 6.07. The largest absolute Gasteiger partial charge is 0.460 e. The van der Waals surface area contributed by atoms with Crippen molar-refractivity contribution in [1.82, 2.24) is 0 Å². The van der Waals surface area contributed by atoms with Crippen molar-refractivity contribution in [3.8, 4) is 0 Å². The number of hydrogen-bond donors (Lipinski definition) is 2. The fourth-order valence-corrected chi connectivity index (χ4v) is 4.65. The number of ether oxygens (including phenoxy) is 1. The molecule has 6 atom stereocenters. The van der Waals surface area contributed by atoms with Gasteiger partial charge in [-0.1, -0.05) is 20.4 Å². The van der Waals surface area contributed by atoms with Crippen LogP contribution in [-0.4, -0.2) is 35.0 Å². The summed E-state index contributed by atoms with van der Waals surface area (Å²) in [6.45, 7) is 8.37. The molecule has 2 saturated carbocycles. The van der Waals surface area contributed by atoms with E-state index in [0.717, 1.165) is 6.42 Å². The Morgan fingerprint density at radius 1 is 1.37 bits per heavy atom. The summed E-state index contributed by atoms with van der Waals surface area (Å²) in [5.41, 5.74) is -0.553. The van der Waals surface area contributed by atoms with Crippen molar-refractivity contribution in [3.05, 3.63) is 12.2 Å². The molecule has 2 aliphatic carbocycles. The Hall–Kier alpha value is -0.870. The first kappa shape index (κ1) is 13.1. The monoisotopic (exact) mass is 266 g/mol. The van der Waals surface area contributed by atoms with Crippen molar-refractivity contribution in [2.24, 2.45) is 22.7 Å². The Balaban J connectivity index is 2.09. The third-order valence-electron chi connectivity index (χ3n) is 6.07. The molecule has 1 aliphatic heterocycles. The second kappa shape index (κ2) is 3.83. The second-order valence-corrected chi connectivity index (χ2v) is 6.85. The van der Waals surface area contributed by atoms with Crippen molar-refractivity contribution in [3.63, 3.8) is 0 Å². The molecule has 3 rings (SSSR count). The highest BCUT2D eigenvalue weighted by Crippen LogP contribution is 2.64. The average molecular weight is 266 g/mol. The maximum absolute atomic E-state index is 12.2. The number of rotatable bonds is 0. The van der Waals surface area contributed by atoms with Gasteiger partial charge in [-0.25, -0.2) is 0 Å². The van der Waals surface area contributed by atoms with E-state index in [9.17, 15) is 15.0 Å². The van der Waals surface area contributed by atoms with E-state index in [0.29, 0.717) is 24.3 Å². The van der Waals surface area contributed by atoms with E-state index in [1.165, 1.54) is 0 Å². The summed E-state index contributed by atoms with van der Waals surface area (Å²) < 4.78 is 5.11. The Kier molecular flexibility index (Phi) is 2.64. The first-order valence-electron chi connectivity index (χ1n) is 7.05. The van der Waals surface area contributed by atoms with Crippen LogP contribution < -0.4 is 0 Å². The number of esters is 1. The summed E-state index contributed by atoms with van der Waals surface area (Å²) in [6, 6.07) is 0. The predicted octanol–water partition coefficient (Wildman–Crippen LogP) is 1.26. The number of carbonyl (C=O) groups excluding carboxylic acids is 1. The van der Waals surface area contributed by atoms with Crippen LogP contribution in [0.2, 0.25) is 0 Å². The number of fused-ring (bicyclic) bond motifs is 1. The molecule has 0 bridgehead atoms. The first-order chi connectivity index (χ1) is 8.84.